The van der Waals surface area contributed by atoms with Gasteiger partial charge >= 0.3 is 0 Å². The molecule has 92 valence electrons. The van der Waals surface area contributed by atoms with Crippen molar-refractivity contribution in [3.63, 3.8) is 0 Å². The molecule has 0 radical (unpaired) electrons. The summed E-state index contributed by atoms with van der Waals surface area (Å²) >= 11 is 0. The highest BCUT2D eigenvalue weighted by Crippen LogP contribution is 2.33. The zero-order valence-corrected chi connectivity index (χ0v) is 10.9. The predicted octanol–water partition coefficient (Wildman–Crippen LogP) is 3.46. The van der Waals surface area contributed by atoms with Gasteiger partial charge in [-0.25, -0.2) is 0 Å². The zero-order chi connectivity index (χ0) is 12.6. The van der Waals surface area contributed by atoms with Gasteiger partial charge in [0.05, 0.1) is 5.82 Å². The van der Waals surface area contributed by atoms with Gasteiger partial charge in [-0.1, -0.05) is 58.8 Å². The monoisotopic (exact) mass is 222 g/mol. The molecule has 0 rings (SSSR count). The third-order valence-electron chi connectivity index (χ3n) is 2.86. The van der Waals surface area contributed by atoms with Crippen LogP contribution in [-0.4, -0.2) is 0 Å². The lowest BCUT2D eigenvalue weighted by Gasteiger charge is -2.26. The van der Waals surface area contributed by atoms with Gasteiger partial charge in [-0.05, 0) is 23.5 Å². The maximum atomic E-state index is 5.42. The highest BCUT2D eigenvalue weighted by molar-refractivity contribution is 5.28. The van der Waals surface area contributed by atoms with E-state index < -0.39 is 0 Å². The van der Waals surface area contributed by atoms with Crippen LogP contribution in [0.25, 0.3) is 0 Å². The van der Waals surface area contributed by atoms with E-state index in [1.54, 1.807) is 6.08 Å². The van der Waals surface area contributed by atoms with Gasteiger partial charge in [0, 0.05) is 0 Å². The first-order chi connectivity index (χ1) is 7.44. The van der Waals surface area contributed by atoms with Crippen LogP contribution >= 0.6 is 0 Å². The summed E-state index contributed by atoms with van der Waals surface area (Å²) in [6.07, 6.45) is 10.5. The molecule has 0 atom stereocenters. The third kappa shape index (κ3) is 5.64. The van der Waals surface area contributed by atoms with Crippen LogP contribution in [0.4, 0.5) is 0 Å². The lowest BCUT2D eigenvalue weighted by Crippen LogP contribution is -2.14. The standard InChI is InChI=1S/C14H26N2/c1-5-7-8-11-14(3,4)12(6-2)9-10-13(15)16/h6,9-10H,2,5,7-8,11,15-16H2,1,3-4H3/b12-9+. The minimum Gasteiger partial charge on any atom is -0.386 e. The molecule has 0 saturated carbocycles. The molecule has 0 unspecified atom stereocenters. The molecule has 2 heteroatoms. The average Bonchev–Trinajstić information content (AvgIpc) is 2.18. The zero-order valence-electron chi connectivity index (χ0n) is 10.9. The molecule has 0 bridgehead atoms. The van der Waals surface area contributed by atoms with Crippen LogP contribution in [0, 0.1) is 5.41 Å². The molecule has 2 nitrogen and oxygen atoms in total. The topological polar surface area (TPSA) is 52.0 Å². The summed E-state index contributed by atoms with van der Waals surface area (Å²) in [6.45, 7) is 10.5. The Bertz CT molecular complexity index is 268. The second-order valence-corrected chi connectivity index (χ2v) is 4.83. The number of allylic oxidation sites excluding steroid dienone is 4. The SMILES string of the molecule is C=C/C(=C\C=C(N)N)C(C)(C)CCCCC. The van der Waals surface area contributed by atoms with Gasteiger partial charge in [0.25, 0.3) is 0 Å². The molecule has 0 aliphatic carbocycles. The van der Waals surface area contributed by atoms with E-state index in [0.29, 0.717) is 5.82 Å². The molecular weight excluding hydrogens is 196 g/mol. The minimum absolute atomic E-state index is 0.142. The number of hydrogen-bond acceptors (Lipinski definition) is 2. The molecule has 0 fully saturated rings. The van der Waals surface area contributed by atoms with Crippen molar-refractivity contribution in [2.75, 3.05) is 0 Å². The molecule has 16 heavy (non-hydrogen) atoms. The molecule has 4 N–H and O–H groups in total. The first-order valence-electron chi connectivity index (χ1n) is 6.00. The van der Waals surface area contributed by atoms with Crippen molar-refractivity contribution in [2.45, 2.75) is 46.5 Å². The van der Waals surface area contributed by atoms with Gasteiger partial charge < -0.3 is 11.5 Å². The summed E-state index contributed by atoms with van der Waals surface area (Å²) in [5.41, 5.74) is 12.2. The van der Waals surface area contributed by atoms with Gasteiger partial charge in [0.15, 0.2) is 0 Å². The first-order valence-corrected chi connectivity index (χ1v) is 6.00. The average molecular weight is 222 g/mol. The fourth-order valence-electron chi connectivity index (χ4n) is 1.72. The van der Waals surface area contributed by atoms with Crippen molar-refractivity contribution in [1.82, 2.24) is 0 Å². The lowest BCUT2D eigenvalue weighted by molar-refractivity contribution is 0.395. The summed E-state index contributed by atoms with van der Waals surface area (Å²) in [4.78, 5) is 0. The Morgan fingerprint density at radius 2 is 1.81 bits per heavy atom. The van der Waals surface area contributed by atoms with Crippen LogP contribution < -0.4 is 11.5 Å². The smallest absolute Gasteiger partial charge is 0.0933 e. The molecule has 0 heterocycles. The Balaban J connectivity index is 4.60. The Morgan fingerprint density at radius 1 is 1.19 bits per heavy atom. The highest BCUT2D eigenvalue weighted by Gasteiger charge is 2.19. The Kier molecular flexibility index (Phi) is 6.63. The van der Waals surface area contributed by atoms with Gasteiger partial charge in [-0.15, -0.1) is 0 Å². The van der Waals surface area contributed by atoms with Crippen molar-refractivity contribution >= 4 is 0 Å². The van der Waals surface area contributed by atoms with E-state index >= 15 is 0 Å². The van der Waals surface area contributed by atoms with Crippen molar-refractivity contribution in [3.05, 3.63) is 36.2 Å². The molecule has 0 aromatic heterocycles. The van der Waals surface area contributed by atoms with E-state index in [1.807, 2.05) is 12.2 Å². The van der Waals surface area contributed by atoms with Gasteiger partial charge in [0.2, 0.25) is 0 Å². The van der Waals surface area contributed by atoms with E-state index in [2.05, 4.69) is 27.4 Å². The second kappa shape index (κ2) is 7.15. The van der Waals surface area contributed by atoms with Gasteiger partial charge in [-0.3, -0.25) is 0 Å². The molecule has 0 spiro atoms. The molecule has 0 amide bonds. The van der Waals surface area contributed by atoms with Crippen molar-refractivity contribution in [2.24, 2.45) is 16.9 Å². The lowest BCUT2D eigenvalue weighted by atomic mass is 9.79. The van der Waals surface area contributed by atoms with Gasteiger partial charge in [-0.2, -0.15) is 0 Å². The summed E-state index contributed by atoms with van der Waals surface area (Å²) < 4.78 is 0. The van der Waals surface area contributed by atoms with E-state index in [1.165, 1.54) is 24.8 Å². The molecule has 0 saturated heterocycles. The Labute approximate surface area is 100 Å². The van der Waals surface area contributed by atoms with E-state index in [9.17, 15) is 0 Å². The van der Waals surface area contributed by atoms with Crippen molar-refractivity contribution in [1.29, 1.82) is 0 Å². The van der Waals surface area contributed by atoms with Crippen LogP contribution in [0.5, 0.6) is 0 Å². The molecule has 0 aliphatic rings. The number of unbranched alkanes of at least 4 members (excludes halogenated alkanes) is 2. The van der Waals surface area contributed by atoms with Crippen molar-refractivity contribution in [3.8, 4) is 0 Å². The van der Waals surface area contributed by atoms with Crippen LogP contribution in [-0.2, 0) is 0 Å². The van der Waals surface area contributed by atoms with Crippen LogP contribution in [0.1, 0.15) is 46.5 Å². The van der Waals surface area contributed by atoms with Crippen LogP contribution in [0.15, 0.2) is 36.2 Å². The van der Waals surface area contributed by atoms with E-state index in [0.717, 1.165) is 6.42 Å². The van der Waals surface area contributed by atoms with Crippen molar-refractivity contribution < 1.29 is 0 Å². The highest BCUT2D eigenvalue weighted by atomic mass is 14.8. The number of hydrogen-bond donors (Lipinski definition) is 2. The fraction of sp³-hybridized carbons (Fsp3) is 0.571. The summed E-state index contributed by atoms with van der Waals surface area (Å²) in [6, 6.07) is 0. The molecule has 0 aromatic carbocycles. The normalized spacial score (nSPS) is 12.3. The van der Waals surface area contributed by atoms with Crippen LogP contribution in [0.3, 0.4) is 0 Å². The van der Waals surface area contributed by atoms with E-state index in [-0.39, 0.29) is 5.41 Å². The predicted molar refractivity (Wildman–Crippen MR) is 72.7 cm³/mol. The first kappa shape index (κ1) is 14.8. The maximum Gasteiger partial charge on any atom is 0.0933 e. The third-order valence-corrected chi connectivity index (χ3v) is 2.86. The Hall–Kier alpha value is -1.18. The summed E-state index contributed by atoms with van der Waals surface area (Å²) in [5.74, 6) is 0.337. The van der Waals surface area contributed by atoms with Crippen LogP contribution in [0.2, 0.25) is 0 Å². The number of nitrogens with two attached hydrogens (primary N) is 2. The van der Waals surface area contributed by atoms with E-state index in [4.69, 9.17) is 11.5 Å². The minimum atomic E-state index is 0.142. The fourth-order valence-corrected chi connectivity index (χ4v) is 1.72. The maximum absolute atomic E-state index is 5.42. The molecular formula is C14H26N2. The largest absolute Gasteiger partial charge is 0.386 e. The number of rotatable bonds is 7. The molecule has 0 aromatic rings. The summed E-state index contributed by atoms with van der Waals surface area (Å²) in [5, 5.41) is 0. The van der Waals surface area contributed by atoms with Gasteiger partial charge in [0.1, 0.15) is 0 Å². The quantitative estimate of drug-likeness (QED) is 0.512. The summed E-state index contributed by atoms with van der Waals surface area (Å²) in [7, 11) is 0. The Morgan fingerprint density at radius 3 is 2.25 bits per heavy atom. The molecule has 0 aliphatic heterocycles. The second-order valence-electron chi connectivity index (χ2n) is 4.83.